The molecule has 170 valence electrons. The van der Waals surface area contributed by atoms with E-state index in [1.165, 1.54) is 17.2 Å². The van der Waals surface area contributed by atoms with Crippen molar-refractivity contribution in [2.45, 2.75) is 19.0 Å². The number of carbonyl (C=O) groups excluding carboxylic acids is 2. The number of hydrogen-bond donors (Lipinski definition) is 3. The van der Waals surface area contributed by atoms with Crippen LogP contribution in [0.3, 0.4) is 0 Å². The van der Waals surface area contributed by atoms with Crippen LogP contribution in [0.1, 0.15) is 18.4 Å². The summed E-state index contributed by atoms with van der Waals surface area (Å²) in [5, 5.41) is 8.02. The molecule has 0 aliphatic carbocycles. The first kappa shape index (κ1) is 23.1. The van der Waals surface area contributed by atoms with Crippen molar-refractivity contribution >= 4 is 29.1 Å². The van der Waals surface area contributed by atoms with Gasteiger partial charge in [-0.3, -0.25) is 4.79 Å². The Morgan fingerprint density at radius 2 is 1.84 bits per heavy atom. The summed E-state index contributed by atoms with van der Waals surface area (Å²) in [6.07, 6.45) is -0.491. The number of benzene rings is 1. The zero-order valence-electron chi connectivity index (χ0n) is 17.3. The van der Waals surface area contributed by atoms with E-state index in [4.69, 9.17) is 0 Å². The van der Waals surface area contributed by atoms with Crippen molar-refractivity contribution in [2.75, 3.05) is 35.2 Å². The highest BCUT2D eigenvalue weighted by Gasteiger charge is 2.37. The number of carbonyl (C=O) groups is 2. The van der Waals surface area contributed by atoms with E-state index in [-0.39, 0.29) is 24.3 Å². The molecule has 1 saturated heterocycles. The van der Waals surface area contributed by atoms with Crippen LogP contribution in [0, 0.1) is 5.92 Å². The molecule has 3 amide bonds. The maximum atomic E-state index is 13.3. The number of anilines is 3. The highest BCUT2D eigenvalue weighted by Crippen LogP contribution is 2.36. The summed E-state index contributed by atoms with van der Waals surface area (Å²) in [6, 6.07) is 8.43. The molecule has 1 aromatic carbocycles. The highest BCUT2D eigenvalue weighted by molar-refractivity contribution is 5.94. The number of alkyl halides is 3. The molecule has 32 heavy (non-hydrogen) atoms. The van der Waals surface area contributed by atoms with Gasteiger partial charge in [0.1, 0.15) is 5.82 Å². The Kier molecular flexibility index (Phi) is 7.34. The van der Waals surface area contributed by atoms with Gasteiger partial charge in [0.05, 0.1) is 11.5 Å². The van der Waals surface area contributed by atoms with Crippen LogP contribution in [0.2, 0.25) is 0 Å². The third kappa shape index (κ3) is 5.99. The fraction of sp³-hybridized carbons (Fsp3) is 0.318. The molecule has 1 aromatic heterocycles. The number of halogens is 3. The summed E-state index contributed by atoms with van der Waals surface area (Å²) in [6.45, 7) is 4.40. The fourth-order valence-corrected chi connectivity index (χ4v) is 3.48. The van der Waals surface area contributed by atoms with E-state index < -0.39 is 17.7 Å². The van der Waals surface area contributed by atoms with Crippen molar-refractivity contribution in [3.05, 3.63) is 60.8 Å². The molecule has 1 unspecified atom stereocenters. The predicted molar refractivity (Wildman–Crippen MR) is 116 cm³/mol. The quantitative estimate of drug-likeness (QED) is 0.578. The summed E-state index contributed by atoms with van der Waals surface area (Å²) < 4.78 is 40.0. The smallest absolute Gasteiger partial charge is 0.355 e. The molecule has 1 fully saturated rings. The minimum absolute atomic E-state index is 0.148. The van der Waals surface area contributed by atoms with E-state index >= 15 is 0 Å². The summed E-state index contributed by atoms with van der Waals surface area (Å²) in [5.41, 5.74) is 0.266. The predicted octanol–water partition coefficient (Wildman–Crippen LogP) is 4.26. The normalized spacial score (nSPS) is 16.2. The first-order valence-electron chi connectivity index (χ1n) is 10.1. The van der Waals surface area contributed by atoms with Gasteiger partial charge in [0.25, 0.3) is 0 Å². The fourth-order valence-electron chi connectivity index (χ4n) is 3.48. The van der Waals surface area contributed by atoms with Crippen molar-refractivity contribution in [3.63, 3.8) is 0 Å². The minimum atomic E-state index is -4.52. The molecule has 0 bridgehead atoms. The van der Waals surface area contributed by atoms with Gasteiger partial charge in [0, 0.05) is 37.2 Å². The van der Waals surface area contributed by atoms with E-state index in [9.17, 15) is 22.8 Å². The molecule has 1 aliphatic rings. The van der Waals surface area contributed by atoms with Crippen LogP contribution in [-0.2, 0) is 11.0 Å². The number of nitrogens with zero attached hydrogens (tertiary/aromatic N) is 2. The maximum Gasteiger partial charge on any atom is 0.419 e. The zero-order valence-corrected chi connectivity index (χ0v) is 17.3. The first-order chi connectivity index (χ1) is 15.3. The standard InChI is InChI=1S/C22H24F3N5O2/c1-2-11-27-21(32)29-17-9-7-16(8-10-17)28-20(31)15-5-4-13-30(14-15)19-18(22(23,24)25)6-3-12-26-19/h2-3,6-10,12,15H,1,4-5,11,13-14H2,(H,28,31)(H2,27,29,32). The van der Waals surface area contributed by atoms with E-state index in [0.717, 1.165) is 6.07 Å². The van der Waals surface area contributed by atoms with E-state index in [1.54, 1.807) is 30.3 Å². The van der Waals surface area contributed by atoms with Crippen LogP contribution in [0.5, 0.6) is 0 Å². The molecule has 1 atom stereocenters. The van der Waals surface area contributed by atoms with Crippen LogP contribution in [0.4, 0.5) is 35.2 Å². The number of aromatic nitrogens is 1. The number of hydrogen-bond acceptors (Lipinski definition) is 4. The molecule has 0 spiro atoms. The van der Waals surface area contributed by atoms with Gasteiger partial charge in [0.15, 0.2) is 0 Å². The number of pyridine rings is 1. The van der Waals surface area contributed by atoms with E-state index in [2.05, 4.69) is 27.5 Å². The Morgan fingerprint density at radius 3 is 2.50 bits per heavy atom. The Bertz CT molecular complexity index is 963. The van der Waals surface area contributed by atoms with Crippen molar-refractivity contribution < 1.29 is 22.8 Å². The second kappa shape index (κ2) is 10.2. The van der Waals surface area contributed by atoms with Gasteiger partial charge in [-0.05, 0) is 49.2 Å². The SMILES string of the molecule is C=CCNC(=O)Nc1ccc(NC(=O)C2CCCN(c3ncccc3C(F)(F)F)C2)cc1. The van der Waals surface area contributed by atoms with Gasteiger partial charge in [-0.2, -0.15) is 13.2 Å². The van der Waals surface area contributed by atoms with E-state index in [1.807, 2.05) is 0 Å². The Labute approximate surface area is 183 Å². The number of rotatable bonds is 6. The lowest BCUT2D eigenvalue weighted by Crippen LogP contribution is -2.42. The van der Waals surface area contributed by atoms with Gasteiger partial charge in [-0.25, -0.2) is 9.78 Å². The Morgan fingerprint density at radius 1 is 1.16 bits per heavy atom. The number of urea groups is 1. The largest absolute Gasteiger partial charge is 0.419 e. The van der Waals surface area contributed by atoms with Crippen molar-refractivity contribution in [1.29, 1.82) is 0 Å². The second-order valence-electron chi connectivity index (χ2n) is 7.35. The van der Waals surface area contributed by atoms with Crippen LogP contribution < -0.4 is 20.9 Å². The van der Waals surface area contributed by atoms with Gasteiger partial charge < -0.3 is 20.9 Å². The molecule has 3 N–H and O–H groups in total. The van der Waals surface area contributed by atoms with Crippen molar-refractivity contribution in [1.82, 2.24) is 10.3 Å². The van der Waals surface area contributed by atoms with Crippen molar-refractivity contribution in [2.24, 2.45) is 5.92 Å². The van der Waals surface area contributed by atoms with Gasteiger partial charge in [-0.1, -0.05) is 6.08 Å². The van der Waals surface area contributed by atoms with Gasteiger partial charge in [-0.15, -0.1) is 6.58 Å². The van der Waals surface area contributed by atoms with Gasteiger partial charge >= 0.3 is 12.2 Å². The molecule has 2 heterocycles. The van der Waals surface area contributed by atoms with Crippen LogP contribution >= 0.6 is 0 Å². The lowest BCUT2D eigenvalue weighted by Gasteiger charge is -2.34. The molecular weight excluding hydrogens is 423 g/mol. The number of nitrogens with one attached hydrogen (secondary N) is 3. The maximum absolute atomic E-state index is 13.3. The summed E-state index contributed by atoms with van der Waals surface area (Å²) in [4.78, 5) is 29.8. The minimum Gasteiger partial charge on any atom is -0.355 e. The molecular formula is C22H24F3N5O2. The molecule has 0 radical (unpaired) electrons. The summed E-state index contributed by atoms with van der Waals surface area (Å²) >= 11 is 0. The topological polar surface area (TPSA) is 86.4 Å². The highest BCUT2D eigenvalue weighted by atomic mass is 19.4. The van der Waals surface area contributed by atoms with Crippen LogP contribution in [0.15, 0.2) is 55.3 Å². The summed E-state index contributed by atoms with van der Waals surface area (Å²) in [5.74, 6) is -0.902. The third-order valence-corrected chi connectivity index (χ3v) is 5.00. The Balaban J connectivity index is 1.61. The average molecular weight is 447 g/mol. The molecule has 2 aromatic rings. The van der Waals surface area contributed by atoms with Crippen LogP contribution in [0.25, 0.3) is 0 Å². The van der Waals surface area contributed by atoms with E-state index in [0.29, 0.717) is 37.3 Å². The zero-order chi connectivity index (χ0) is 23.1. The van der Waals surface area contributed by atoms with Gasteiger partial charge in [0.2, 0.25) is 5.91 Å². The lowest BCUT2D eigenvalue weighted by molar-refractivity contribution is -0.137. The molecule has 10 heteroatoms. The molecule has 0 saturated carbocycles. The molecule has 3 rings (SSSR count). The first-order valence-corrected chi connectivity index (χ1v) is 10.1. The molecule has 1 aliphatic heterocycles. The number of amides is 3. The summed E-state index contributed by atoms with van der Waals surface area (Å²) in [7, 11) is 0. The lowest BCUT2D eigenvalue weighted by atomic mass is 9.96. The molecule has 7 nitrogen and oxygen atoms in total. The average Bonchev–Trinajstić information content (AvgIpc) is 2.78. The monoisotopic (exact) mass is 447 g/mol. The second-order valence-corrected chi connectivity index (χ2v) is 7.35. The Hall–Kier alpha value is -3.56. The number of piperidine rings is 1. The van der Waals surface area contributed by atoms with Crippen LogP contribution in [-0.4, -0.2) is 36.6 Å². The van der Waals surface area contributed by atoms with Crippen molar-refractivity contribution in [3.8, 4) is 0 Å². The third-order valence-electron chi connectivity index (χ3n) is 5.00.